The van der Waals surface area contributed by atoms with Gasteiger partial charge in [-0.15, -0.1) is 0 Å². The van der Waals surface area contributed by atoms with Crippen LogP contribution in [0.5, 0.6) is 0 Å². The normalized spacial score (nSPS) is 11.5. The fourth-order valence-corrected chi connectivity index (χ4v) is 6.12. The SMILES string of the molecule is N#Cc1c(-n2c3ccccc3c3ccccc32)cc(-c2ccccn2)cc1-n1c2ccccc2c2ccccc21. The molecule has 40 heavy (non-hydrogen) atoms. The first kappa shape index (κ1) is 22.3. The fourth-order valence-electron chi connectivity index (χ4n) is 6.12. The second-order valence-electron chi connectivity index (χ2n) is 9.96. The molecule has 0 saturated heterocycles. The number of nitriles is 1. The molecule has 0 N–H and O–H groups in total. The molecule has 0 unspecified atom stereocenters. The van der Waals surface area contributed by atoms with Gasteiger partial charge in [0.25, 0.3) is 0 Å². The summed E-state index contributed by atoms with van der Waals surface area (Å²) < 4.78 is 4.46. The van der Waals surface area contributed by atoms with Crippen molar-refractivity contribution < 1.29 is 0 Å². The van der Waals surface area contributed by atoms with Crippen LogP contribution in [0.15, 0.2) is 134 Å². The molecule has 0 radical (unpaired) electrons. The van der Waals surface area contributed by atoms with Gasteiger partial charge in [0, 0.05) is 33.3 Å². The Hall–Kier alpha value is -5.66. The van der Waals surface area contributed by atoms with E-state index in [9.17, 15) is 5.26 Å². The van der Waals surface area contributed by atoms with Gasteiger partial charge in [-0.25, -0.2) is 0 Å². The smallest absolute Gasteiger partial charge is 0.104 e. The molecule has 0 fully saturated rings. The summed E-state index contributed by atoms with van der Waals surface area (Å²) >= 11 is 0. The first-order valence-corrected chi connectivity index (χ1v) is 13.3. The molecule has 0 atom stereocenters. The average molecular weight is 511 g/mol. The zero-order chi connectivity index (χ0) is 26.6. The van der Waals surface area contributed by atoms with Crippen LogP contribution in [-0.2, 0) is 0 Å². The van der Waals surface area contributed by atoms with Crippen molar-refractivity contribution >= 4 is 43.6 Å². The number of fused-ring (bicyclic) bond motifs is 6. The van der Waals surface area contributed by atoms with Gasteiger partial charge >= 0.3 is 0 Å². The number of hydrogen-bond acceptors (Lipinski definition) is 2. The summed E-state index contributed by atoms with van der Waals surface area (Å²) in [6.07, 6.45) is 1.81. The molecule has 5 aromatic carbocycles. The molecule has 0 saturated carbocycles. The van der Waals surface area contributed by atoms with Crippen LogP contribution in [0, 0.1) is 11.3 Å². The number of pyridine rings is 1. The summed E-state index contributed by atoms with van der Waals surface area (Å²) in [6, 6.07) is 46.4. The van der Waals surface area contributed by atoms with E-state index in [-0.39, 0.29) is 0 Å². The van der Waals surface area contributed by atoms with E-state index < -0.39 is 0 Å². The van der Waals surface area contributed by atoms with Crippen molar-refractivity contribution in [3.8, 4) is 28.7 Å². The van der Waals surface area contributed by atoms with Crippen molar-refractivity contribution in [1.29, 1.82) is 5.26 Å². The third-order valence-electron chi connectivity index (χ3n) is 7.81. The van der Waals surface area contributed by atoms with Gasteiger partial charge in [-0.2, -0.15) is 5.26 Å². The maximum absolute atomic E-state index is 10.9. The van der Waals surface area contributed by atoms with Crippen LogP contribution in [0.2, 0.25) is 0 Å². The Morgan fingerprint density at radius 3 is 1.27 bits per heavy atom. The molecular weight excluding hydrogens is 488 g/mol. The Balaban J connectivity index is 1.57. The lowest BCUT2D eigenvalue weighted by Crippen LogP contribution is -2.05. The highest BCUT2D eigenvalue weighted by atomic mass is 15.0. The number of hydrogen-bond donors (Lipinski definition) is 0. The minimum Gasteiger partial charge on any atom is -0.308 e. The molecule has 8 rings (SSSR count). The van der Waals surface area contributed by atoms with E-state index in [1.807, 2.05) is 24.4 Å². The van der Waals surface area contributed by atoms with Gasteiger partial charge in [-0.1, -0.05) is 78.9 Å². The van der Waals surface area contributed by atoms with Gasteiger partial charge in [0.15, 0.2) is 0 Å². The van der Waals surface area contributed by atoms with E-state index in [4.69, 9.17) is 4.98 Å². The van der Waals surface area contributed by atoms with Crippen molar-refractivity contribution in [2.75, 3.05) is 0 Å². The molecule has 0 aliphatic heterocycles. The van der Waals surface area contributed by atoms with Crippen LogP contribution in [0.1, 0.15) is 5.56 Å². The Morgan fingerprint density at radius 2 is 0.900 bits per heavy atom. The number of rotatable bonds is 3. The highest BCUT2D eigenvalue weighted by Crippen LogP contribution is 2.39. The Labute approximate surface area is 230 Å². The van der Waals surface area contributed by atoms with E-state index in [1.165, 1.54) is 0 Å². The Morgan fingerprint density at radius 1 is 0.500 bits per heavy atom. The summed E-state index contributed by atoms with van der Waals surface area (Å²) in [7, 11) is 0. The van der Waals surface area contributed by atoms with Crippen LogP contribution in [0.25, 0.3) is 66.2 Å². The molecule has 0 amide bonds. The Kier molecular flexibility index (Phi) is 4.85. The molecule has 3 heterocycles. The van der Waals surface area contributed by atoms with Gasteiger partial charge in [-0.05, 0) is 48.5 Å². The minimum absolute atomic E-state index is 0.609. The second kappa shape index (κ2) is 8.69. The van der Waals surface area contributed by atoms with Crippen LogP contribution in [0.3, 0.4) is 0 Å². The summed E-state index contributed by atoms with van der Waals surface area (Å²) in [5.41, 5.74) is 8.33. The van der Waals surface area contributed by atoms with E-state index in [1.54, 1.807) is 0 Å². The lowest BCUT2D eigenvalue weighted by atomic mass is 10.0. The molecular formula is C36H22N4. The van der Waals surface area contributed by atoms with E-state index >= 15 is 0 Å². The van der Waals surface area contributed by atoms with Gasteiger partial charge in [0.05, 0.1) is 39.1 Å². The molecule has 186 valence electrons. The lowest BCUT2D eigenvalue weighted by molar-refractivity contribution is 1.12. The van der Waals surface area contributed by atoms with Crippen LogP contribution < -0.4 is 0 Å². The summed E-state index contributed by atoms with van der Waals surface area (Å²) in [5, 5.41) is 15.5. The molecule has 8 aromatic rings. The van der Waals surface area contributed by atoms with E-state index in [2.05, 4.69) is 124 Å². The summed E-state index contributed by atoms with van der Waals surface area (Å²) in [6.45, 7) is 0. The third kappa shape index (κ3) is 3.15. The first-order chi connectivity index (χ1) is 19.8. The van der Waals surface area contributed by atoms with Gasteiger partial charge in [0.1, 0.15) is 11.6 Å². The lowest BCUT2D eigenvalue weighted by Gasteiger charge is -2.18. The van der Waals surface area contributed by atoms with Gasteiger partial charge in [-0.3, -0.25) is 4.98 Å². The highest BCUT2D eigenvalue weighted by molar-refractivity contribution is 6.11. The minimum atomic E-state index is 0.609. The van der Waals surface area contributed by atoms with E-state index in [0.29, 0.717) is 5.56 Å². The standard InChI is InChI=1S/C36H22N4/c37-23-29-35(39-31-16-5-1-11-25(31)26-12-2-6-17-32(26)39)21-24(30-15-9-10-20-38-30)22-36(29)40-33-18-7-3-13-27(33)28-14-4-8-19-34(28)40/h1-22H. The predicted octanol–water partition coefficient (Wildman–Crippen LogP) is 8.81. The number of aromatic nitrogens is 3. The maximum atomic E-state index is 10.9. The summed E-state index contributed by atoms with van der Waals surface area (Å²) in [5.74, 6) is 0. The topological polar surface area (TPSA) is 46.5 Å². The Bertz CT molecular complexity index is 2040. The number of nitrogens with zero attached hydrogens (tertiary/aromatic N) is 4. The fraction of sp³-hybridized carbons (Fsp3) is 0. The highest BCUT2D eigenvalue weighted by Gasteiger charge is 2.22. The quantitative estimate of drug-likeness (QED) is 0.238. The van der Waals surface area contributed by atoms with Crippen molar-refractivity contribution in [3.63, 3.8) is 0 Å². The zero-order valence-corrected chi connectivity index (χ0v) is 21.5. The summed E-state index contributed by atoms with van der Waals surface area (Å²) in [4.78, 5) is 4.70. The number of para-hydroxylation sites is 4. The van der Waals surface area contributed by atoms with Crippen molar-refractivity contribution in [1.82, 2.24) is 14.1 Å². The van der Waals surface area contributed by atoms with Gasteiger partial charge in [0.2, 0.25) is 0 Å². The molecule has 3 aromatic heterocycles. The van der Waals surface area contributed by atoms with Crippen molar-refractivity contribution in [3.05, 3.63) is 139 Å². The zero-order valence-electron chi connectivity index (χ0n) is 21.5. The van der Waals surface area contributed by atoms with E-state index in [0.717, 1.165) is 66.2 Å². The molecule has 4 nitrogen and oxygen atoms in total. The first-order valence-electron chi connectivity index (χ1n) is 13.3. The third-order valence-corrected chi connectivity index (χ3v) is 7.81. The molecule has 0 aliphatic carbocycles. The van der Waals surface area contributed by atoms with Crippen LogP contribution >= 0.6 is 0 Å². The molecule has 0 spiro atoms. The van der Waals surface area contributed by atoms with Crippen molar-refractivity contribution in [2.24, 2.45) is 0 Å². The molecule has 0 bridgehead atoms. The largest absolute Gasteiger partial charge is 0.308 e. The average Bonchev–Trinajstić information content (AvgIpc) is 3.54. The molecule has 0 aliphatic rings. The predicted molar refractivity (Wildman–Crippen MR) is 163 cm³/mol. The second-order valence-corrected chi connectivity index (χ2v) is 9.96. The monoisotopic (exact) mass is 510 g/mol. The maximum Gasteiger partial charge on any atom is 0.104 e. The molecule has 4 heteroatoms. The van der Waals surface area contributed by atoms with Crippen LogP contribution in [0.4, 0.5) is 0 Å². The van der Waals surface area contributed by atoms with Crippen molar-refractivity contribution in [2.45, 2.75) is 0 Å². The number of benzene rings is 5. The van der Waals surface area contributed by atoms with Gasteiger partial charge < -0.3 is 9.13 Å². The van der Waals surface area contributed by atoms with Crippen LogP contribution in [-0.4, -0.2) is 14.1 Å².